The van der Waals surface area contributed by atoms with Crippen LogP contribution in [0.25, 0.3) is 0 Å². The fourth-order valence-corrected chi connectivity index (χ4v) is 2.86. The summed E-state index contributed by atoms with van der Waals surface area (Å²) in [5, 5.41) is 4.69. The van der Waals surface area contributed by atoms with E-state index in [2.05, 4.69) is 26.6 Å². The quantitative estimate of drug-likeness (QED) is 0.610. The Kier molecular flexibility index (Phi) is 8.02. The molecule has 9 heteroatoms. The maximum Gasteiger partial charge on any atom is 0.339 e. The first-order valence-electron chi connectivity index (χ1n) is 8.60. The zero-order valence-electron chi connectivity index (χ0n) is 16.2. The second-order valence-corrected chi connectivity index (χ2v) is 6.69. The SMILES string of the molecule is COc1cc(C(=O)OC(C)C(=O)NC(=O)NCc2ccccc2)cc(OC)c1Br. The number of rotatable bonds is 7. The smallest absolute Gasteiger partial charge is 0.339 e. The summed E-state index contributed by atoms with van der Waals surface area (Å²) in [6, 6.07) is 11.4. The maximum absolute atomic E-state index is 12.4. The van der Waals surface area contributed by atoms with Gasteiger partial charge in [0.1, 0.15) is 16.0 Å². The molecule has 0 spiro atoms. The van der Waals surface area contributed by atoms with E-state index in [1.54, 1.807) is 0 Å². The Morgan fingerprint density at radius 1 is 1.03 bits per heavy atom. The second-order valence-electron chi connectivity index (χ2n) is 5.90. The molecule has 0 fully saturated rings. The van der Waals surface area contributed by atoms with E-state index in [-0.39, 0.29) is 12.1 Å². The van der Waals surface area contributed by atoms with Crippen LogP contribution in [0.15, 0.2) is 46.9 Å². The van der Waals surface area contributed by atoms with Crippen LogP contribution in [-0.4, -0.2) is 38.2 Å². The lowest BCUT2D eigenvalue weighted by molar-refractivity contribution is -0.127. The highest BCUT2D eigenvalue weighted by molar-refractivity contribution is 9.10. The van der Waals surface area contributed by atoms with Gasteiger partial charge in [-0.2, -0.15) is 0 Å². The van der Waals surface area contributed by atoms with Crippen LogP contribution in [0.1, 0.15) is 22.8 Å². The highest BCUT2D eigenvalue weighted by Gasteiger charge is 2.22. The Balaban J connectivity index is 1.93. The monoisotopic (exact) mass is 464 g/mol. The van der Waals surface area contributed by atoms with Crippen molar-refractivity contribution in [3.05, 3.63) is 58.1 Å². The minimum Gasteiger partial charge on any atom is -0.495 e. The fourth-order valence-electron chi connectivity index (χ4n) is 2.31. The molecule has 154 valence electrons. The van der Waals surface area contributed by atoms with Crippen LogP contribution in [0, 0.1) is 0 Å². The fraction of sp³-hybridized carbons (Fsp3) is 0.250. The Labute approximate surface area is 176 Å². The van der Waals surface area contributed by atoms with Crippen LogP contribution in [-0.2, 0) is 16.1 Å². The number of benzene rings is 2. The highest BCUT2D eigenvalue weighted by atomic mass is 79.9. The molecule has 0 bridgehead atoms. The highest BCUT2D eigenvalue weighted by Crippen LogP contribution is 2.35. The third-order valence-electron chi connectivity index (χ3n) is 3.87. The van der Waals surface area contributed by atoms with E-state index in [4.69, 9.17) is 14.2 Å². The number of nitrogens with one attached hydrogen (secondary N) is 2. The van der Waals surface area contributed by atoms with Gasteiger partial charge in [0.25, 0.3) is 5.91 Å². The average Bonchev–Trinajstić information content (AvgIpc) is 2.72. The van der Waals surface area contributed by atoms with E-state index < -0.39 is 24.0 Å². The molecule has 1 unspecified atom stereocenters. The molecule has 0 saturated heterocycles. The molecule has 1 atom stereocenters. The number of hydrogen-bond donors (Lipinski definition) is 2. The van der Waals surface area contributed by atoms with E-state index in [9.17, 15) is 14.4 Å². The Morgan fingerprint density at radius 3 is 2.17 bits per heavy atom. The standard InChI is InChI=1S/C20H21BrN2O6/c1-12(18(24)23-20(26)22-11-13-7-5-4-6-8-13)29-19(25)14-9-15(27-2)17(21)16(10-14)28-3/h4-10,12H,11H2,1-3H3,(H2,22,23,24,26). The number of urea groups is 1. The number of hydrogen-bond acceptors (Lipinski definition) is 6. The number of carbonyl (C=O) groups is 3. The summed E-state index contributed by atoms with van der Waals surface area (Å²) >= 11 is 3.31. The topological polar surface area (TPSA) is 103 Å². The normalized spacial score (nSPS) is 11.2. The van der Waals surface area contributed by atoms with Crippen molar-refractivity contribution < 1.29 is 28.6 Å². The molecule has 3 amide bonds. The second kappa shape index (κ2) is 10.5. The van der Waals surface area contributed by atoms with Gasteiger partial charge in [-0.05, 0) is 40.5 Å². The van der Waals surface area contributed by atoms with Crippen LogP contribution in [0.3, 0.4) is 0 Å². The third-order valence-corrected chi connectivity index (χ3v) is 4.65. The minimum absolute atomic E-state index is 0.134. The van der Waals surface area contributed by atoms with Crippen molar-refractivity contribution in [3.63, 3.8) is 0 Å². The predicted molar refractivity (Wildman–Crippen MR) is 109 cm³/mol. The molecule has 0 saturated carbocycles. The molecule has 2 N–H and O–H groups in total. The number of amides is 3. The predicted octanol–water partition coefficient (Wildman–Crippen LogP) is 3.04. The lowest BCUT2D eigenvalue weighted by Crippen LogP contribution is -2.44. The molecule has 8 nitrogen and oxygen atoms in total. The average molecular weight is 465 g/mol. The van der Waals surface area contributed by atoms with Crippen LogP contribution < -0.4 is 20.1 Å². The van der Waals surface area contributed by atoms with Gasteiger partial charge in [0, 0.05) is 6.54 Å². The Morgan fingerprint density at radius 2 is 1.62 bits per heavy atom. The first-order chi connectivity index (χ1) is 13.8. The molecule has 29 heavy (non-hydrogen) atoms. The van der Waals surface area contributed by atoms with Crippen LogP contribution >= 0.6 is 15.9 Å². The lowest BCUT2D eigenvalue weighted by Gasteiger charge is -2.15. The molecule has 0 aliphatic rings. The van der Waals surface area contributed by atoms with Crippen molar-refractivity contribution in [1.82, 2.24) is 10.6 Å². The van der Waals surface area contributed by atoms with Crippen molar-refractivity contribution in [2.75, 3.05) is 14.2 Å². The van der Waals surface area contributed by atoms with E-state index in [1.165, 1.54) is 33.3 Å². The zero-order valence-corrected chi connectivity index (χ0v) is 17.7. The molecule has 2 aromatic rings. The molecule has 0 aliphatic heterocycles. The van der Waals surface area contributed by atoms with Gasteiger partial charge in [-0.25, -0.2) is 9.59 Å². The maximum atomic E-state index is 12.4. The summed E-state index contributed by atoms with van der Waals surface area (Å²) in [6.45, 7) is 1.62. The van der Waals surface area contributed by atoms with Crippen LogP contribution in [0.4, 0.5) is 4.79 Å². The number of esters is 1. The lowest BCUT2D eigenvalue weighted by atomic mass is 10.2. The van der Waals surface area contributed by atoms with Crippen molar-refractivity contribution in [3.8, 4) is 11.5 Å². The summed E-state index contributed by atoms with van der Waals surface area (Å²) < 4.78 is 16.0. The molecule has 2 rings (SSSR count). The summed E-state index contributed by atoms with van der Waals surface area (Å²) in [5.74, 6) is -0.774. The van der Waals surface area contributed by atoms with Gasteiger partial charge in [0.2, 0.25) is 0 Å². The Bertz CT molecular complexity index is 863. The largest absolute Gasteiger partial charge is 0.495 e. The van der Waals surface area contributed by atoms with Gasteiger partial charge in [0.15, 0.2) is 6.10 Å². The van der Waals surface area contributed by atoms with Crippen molar-refractivity contribution >= 4 is 33.8 Å². The van der Waals surface area contributed by atoms with Gasteiger partial charge < -0.3 is 19.5 Å². The van der Waals surface area contributed by atoms with E-state index in [0.29, 0.717) is 16.0 Å². The summed E-state index contributed by atoms with van der Waals surface area (Å²) in [6.07, 6.45) is -1.19. The molecule has 0 aromatic heterocycles. The molecule has 0 aliphatic carbocycles. The number of imide groups is 1. The van der Waals surface area contributed by atoms with Gasteiger partial charge in [-0.1, -0.05) is 30.3 Å². The number of carbonyl (C=O) groups excluding carboxylic acids is 3. The minimum atomic E-state index is -1.19. The molecular weight excluding hydrogens is 444 g/mol. The molecule has 0 radical (unpaired) electrons. The van der Waals surface area contributed by atoms with Gasteiger partial charge in [0.05, 0.1) is 19.8 Å². The zero-order chi connectivity index (χ0) is 21.4. The van der Waals surface area contributed by atoms with Crippen molar-refractivity contribution in [1.29, 1.82) is 0 Å². The molecular formula is C20H21BrN2O6. The number of halogens is 1. The molecule has 0 heterocycles. The van der Waals surface area contributed by atoms with Crippen LogP contribution in [0.5, 0.6) is 11.5 Å². The summed E-state index contributed by atoms with van der Waals surface area (Å²) in [7, 11) is 2.89. The molecule has 2 aromatic carbocycles. The van der Waals surface area contributed by atoms with E-state index in [1.807, 2.05) is 30.3 Å². The first-order valence-corrected chi connectivity index (χ1v) is 9.40. The summed E-state index contributed by atoms with van der Waals surface area (Å²) in [4.78, 5) is 36.4. The van der Waals surface area contributed by atoms with E-state index in [0.717, 1.165) is 5.56 Å². The number of ether oxygens (including phenoxy) is 3. The van der Waals surface area contributed by atoms with E-state index >= 15 is 0 Å². The van der Waals surface area contributed by atoms with Crippen LogP contribution in [0.2, 0.25) is 0 Å². The van der Waals surface area contributed by atoms with Gasteiger partial charge in [-0.3, -0.25) is 10.1 Å². The third kappa shape index (κ3) is 6.21. The van der Waals surface area contributed by atoms with Crippen molar-refractivity contribution in [2.45, 2.75) is 19.6 Å². The van der Waals surface area contributed by atoms with Gasteiger partial charge >= 0.3 is 12.0 Å². The summed E-state index contributed by atoms with van der Waals surface area (Å²) in [5.41, 5.74) is 1.02. The first kappa shape index (κ1) is 22.2. The number of methoxy groups -OCH3 is 2. The van der Waals surface area contributed by atoms with Crippen molar-refractivity contribution in [2.24, 2.45) is 0 Å². The Hall–Kier alpha value is -3.07. The van der Waals surface area contributed by atoms with Gasteiger partial charge in [-0.15, -0.1) is 0 Å².